The number of hydrogen-bond acceptors (Lipinski definition) is 5. The molecule has 6 heteroatoms. The van der Waals surface area contributed by atoms with Crippen LogP contribution < -0.4 is 5.56 Å². The van der Waals surface area contributed by atoms with Crippen molar-refractivity contribution >= 4 is 39.1 Å². The first-order chi connectivity index (χ1) is 16.7. The average molecular weight is 503 g/mol. The number of nitrogens with zero attached hydrogens (tertiary/aromatic N) is 2. The third-order valence-electron chi connectivity index (χ3n) is 7.00. The third kappa shape index (κ3) is 4.74. The van der Waals surface area contributed by atoms with Gasteiger partial charge >= 0.3 is 0 Å². The maximum Gasteiger partial charge on any atom is 0.267 e. The van der Waals surface area contributed by atoms with E-state index in [9.17, 15) is 9.59 Å². The van der Waals surface area contributed by atoms with Crippen LogP contribution in [0.5, 0.6) is 0 Å². The number of aryl methyl sites for hydroxylation is 2. The molecular formula is C29H30N2O2S2. The van der Waals surface area contributed by atoms with E-state index >= 15 is 0 Å². The number of ketones is 1. The molecule has 1 atom stereocenters. The van der Waals surface area contributed by atoms with Crippen LogP contribution in [0.2, 0.25) is 0 Å². The fraction of sp³-hybridized carbons (Fsp3) is 0.345. The largest absolute Gasteiger partial charge is 0.293 e. The van der Waals surface area contributed by atoms with Gasteiger partial charge in [0.05, 0.1) is 16.8 Å². The van der Waals surface area contributed by atoms with E-state index in [4.69, 9.17) is 4.98 Å². The minimum absolute atomic E-state index is 0.0268. The number of Topliss-reactive ketones (excluding diaryl/α,β-unsaturated/α-hetero) is 1. The molecule has 2 aromatic heterocycles. The minimum atomic E-state index is -0.0276. The van der Waals surface area contributed by atoms with Crippen LogP contribution in [0.1, 0.15) is 53.6 Å². The van der Waals surface area contributed by atoms with E-state index in [0.717, 1.165) is 40.7 Å². The van der Waals surface area contributed by atoms with E-state index in [2.05, 4.69) is 20.8 Å². The summed E-state index contributed by atoms with van der Waals surface area (Å²) < 4.78 is 1.70. The quantitative estimate of drug-likeness (QED) is 0.170. The molecule has 0 N–H and O–H groups in total. The molecule has 4 nitrogen and oxygen atoms in total. The lowest BCUT2D eigenvalue weighted by atomic mass is 9.72. The van der Waals surface area contributed by atoms with E-state index < -0.39 is 0 Å². The normalized spacial score (nSPS) is 15.8. The monoisotopic (exact) mass is 502 g/mol. The second-order valence-electron chi connectivity index (χ2n) is 10.4. The second kappa shape index (κ2) is 9.40. The Labute approximate surface area is 214 Å². The van der Waals surface area contributed by atoms with Gasteiger partial charge in [-0.1, -0.05) is 80.6 Å². The Morgan fingerprint density at radius 3 is 2.51 bits per heavy atom. The molecule has 1 aliphatic rings. The Hall–Kier alpha value is -2.70. The van der Waals surface area contributed by atoms with Crippen molar-refractivity contribution in [2.45, 2.75) is 52.1 Å². The minimum Gasteiger partial charge on any atom is -0.293 e. The lowest BCUT2D eigenvalue weighted by Gasteiger charge is -2.33. The topological polar surface area (TPSA) is 52.0 Å². The summed E-state index contributed by atoms with van der Waals surface area (Å²) in [6.45, 7) is 8.94. The maximum absolute atomic E-state index is 14.0. The average Bonchev–Trinajstić information content (AvgIpc) is 3.21. The number of thiophene rings is 1. The number of thioether (sulfide) groups is 1. The molecule has 2 heterocycles. The van der Waals surface area contributed by atoms with Gasteiger partial charge in [-0.3, -0.25) is 14.2 Å². The van der Waals surface area contributed by atoms with Gasteiger partial charge in [-0.05, 0) is 55.2 Å². The van der Waals surface area contributed by atoms with Crippen molar-refractivity contribution in [2.75, 3.05) is 5.75 Å². The van der Waals surface area contributed by atoms with Crippen LogP contribution >= 0.6 is 23.1 Å². The summed E-state index contributed by atoms with van der Waals surface area (Å²) in [5, 5.41) is 1.33. The molecular weight excluding hydrogens is 472 g/mol. The highest BCUT2D eigenvalue weighted by Crippen LogP contribution is 2.42. The molecule has 2 aromatic carbocycles. The molecule has 0 unspecified atom stereocenters. The molecule has 5 rings (SSSR count). The number of hydrogen-bond donors (Lipinski definition) is 0. The summed E-state index contributed by atoms with van der Waals surface area (Å²) in [7, 11) is 0. The fourth-order valence-electron chi connectivity index (χ4n) is 4.80. The lowest BCUT2D eigenvalue weighted by molar-refractivity contribution is 0.102. The van der Waals surface area contributed by atoms with Crippen molar-refractivity contribution in [1.29, 1.82) is 0 Å². The first-order valence-corrected chi connectivity index (χ1v) is 13.9. The highest BCUT2D eigenvalue weighted by Gasteiger charge is 2.32. The fourth-order valence-corrected chi connectivity index (χ4v) is 7.05. The van der Waals surface area contributed by atoms with Gasteiger partial charge < -0.3 is 0 Å². The molecule has 4 aromatic rings. The predicted octanol–water partition coefficient (Wildman–Crippen LogP) is 6.88. The zero-order valence-electron chi connectivity index (χ0n) is 20.6. The highest BCUT2D eigenvalue weighted by molar-refractivity contribution is 7.99. The number of carbonyl (C=O) groups excluding carboxylic acids is 1. The molecule has 35 heavy (non-hydrogen) atoms. The standard InChI is InChI=1S/C29H30N2O2S2/c1-18-10-13-21(14-11-18)31-27(33)25-22-15-12-20(29(2,3)4)16-24(22)35-26(25)30-28(31)34-17-23(32)19-8-6-5-7-9-19/h5-11,13-14,20H,12,15-17H2,1-4H3/t20-/m1/s1. The van der Waals surface area contributed by atoms with Gasteiger partial charge in [0, 0.05) is 10.4 Å². The van der Waals surface area contributed by atoms with Crippen LogP contribution in [0.25, 0.3) is 15.9 Å². The zero-order valence-corrected chi connectivity index (χ0v) is 22.3. The van der Waals surface area contributed by atoms with Gasteiger partial charge in [0.25, 0.3) is 5.56 Å². The van der Waals surface area contributed by atoms with E-state index in [-0.39, 0.29) is 22.5 Å². The van der Waals surface area contributed by atoms with Gasteiger partial charge in [-0.15, -0.1) is 11.3 Å². The number of carbonyl (C=O) groups is 1. The van der Waals surface area contributed by atoms with Crippen molar-refractivity contribution in [3.05, 3.63) is 86.5 Å². The summed E-state index contributed by atoms with van der Waals surface area (Å²) in [4.78, 5) is 33.9. The van der Waals surface area contributed by atoms with Gasteiger partial charge in [0.2, 0.25) is 0 Å². The third-order valence-corrected chi connectivity index (χ3v) is 9.08. The number of rotatable bonds is 5. The number of fused-ring (bicyclic) bond motifs is 3. The molecule has 1 aliphatic carbocycles. The van der Waals surface area contributed by atoms with Gasteiger partial charge in [0.1, 0.15) is 4.83 Å². The maximum atomic E-state index is 14.0. The second-order valence-corrected chi connectivity index (χ2v) is 12.5. The van der Waals surface area contributed by atoms with E-state index in [1.807, 2.05) is 61.5 Å². The first-order valence-electron chi connectivity index (χ1n) is 12.1. The molecule has 0 saturated carbocycles. The number of benzene rings is 2. The summed E-state index contributed by atoms with van der Waals surface area (Å²) >= 11 is 3.00. The Morgan fingerprint density at radius 2 is 1.83 bits per heavy atom. The first kappa shape index (κ1) is 24.0. The predicted molar refractivity (Wildman–Crippen MR) is 146 cm³/mol. The van der Waals surface area contributed by atoms with Crippen molar-refractivity contribution in [3.63, 3.8) is 0 Å². The van der Waals surface area contributed by atoms with Gasteiger partial charge in [-0.25, -0.2) is 4.98 Å². The summed E-state index contributed by atoms with van der Waals surface area (Å²) in [5.74, 6) is 0.851. The van der Waals surface area contributed by atoms with Gasteiger partial charge in [-0.2, -0.15) is 0 Å². The smallest absolute Gasteiger partial charge is 0.267 e. The van der Waals surface area contributed by atoms with Crippen LogP contribution in [0, 0.1) is 18.3 Å². The molecule has 0 amide bonds. The van der Waals surface area contributed by atoms with E-state index in [1.165, 1.54) is 22.2 Å². The summed E-state index contributed by atoms with van der Waals surface area (Å²) in [6, 6.07) is 17.2. The SMILES string of the molecule is Cc1ccc(-n2c(SCC(=O)c3ccccc3)nc3sc4c(c3c2=O)CC[C@@H](C(C)(C)C)C4)cc1. The van der Waals surface area contributed by atoms with Crippen molar-refractivity contribution in [1.82, 2.24) is 9.55 Å². The summed E-state index contributed by atoms with van der Waals surface area (Å²) in [6.07, 6.45) is 3.01. The van der Waals surface area contributed by atoms with Crippen LogP contribution in [-0.4, -0.2) is 21.1 Å². The Morgan fingerprint density at radius 1 is 1.11 bits per heavy atom. The number of aromatic nitrogens is 2. The molecule has 0 fully saturated rings. The molecule has 0 radical (unpaired) electrons. The Bertz CT molecular complexity index is 1440. The highest BCUT2D eigenvalue weighted by atomic mass is 32.2. The summed E-state index contributed by atoms with van der Waals surface area (Å²) in [5.41, 5.74) is 3.98. The van der Waals surface area contributed by atoms with Crippen molar-refractivity contribution < 1.29 is 4.79 Å². The van der Waals surface area contributed by atoms with Crippen LogP contribution in [0.15, 0.2) is 64.5 Å². The van der Waals surface area contributed by atoms with Gasteiger partial charge in [0.15, 0.2) is 10.9 Å². The van der Waals surface area contributed by atoms with Crippen LogP contribution in [0.4, 0.5) is 0 Å². The Balaban J connectivity index is 1.60. The molecule has 0 aliphatic heterocycles. The molecule has 0 saturated heterocycles. The molecule has 0 spiro atoms. The lowest BCUT2D eigenvalue weighted by Crippen LogP contribution is -2.27. The zero-order chi connectivity index (χ0) is 24.7. The van der Waals surface area contributed by atoms with E-state index in [1.54, 1.807) is 15.9 Å². The van der Waals surface area contributed by atoms with Crippen LogP contribution in [-0.2, 0) is 12.8 Å². The van der Waals surface area contributed by atoms with E-state index in [0.29, 0.717) is 16.6 Å². The molecule has 180 valence electrons. The van der Waals surface area contributed by atoms with Crippen molar-refractivity contribution in [2.24, 2.45) is 11.3 Å². The Kier molecular flexibility index (Phi) is 6.45. The molecule has 0 bridgehead atoms. The van der Waals surface area contributed by atoms with Crippen LogP contribution in [0.3, 0.4) is 0 Å². The van der Waals surface area contributed by atoms with Crippen molar-refractivity contribution in [3.8, 4) is 5.69 Å².